The average molecular weight is 344 g/mol. The minimum atomic E-state index is -3.78. The fourth-order valence-corrected chi connectivity index (χ4v) is 6.45. The highest BCUT2D eigenvalue weighted by atomic mass is 35.5. The number of hydrogen-bond acceptors (Lipinski definition) is 3. The Labute approximate surface area is 134 Å². The highest BCUT2D eigenvalue weighted by molar-refractivity contribution is 7.89. The highest BCUT2D eigenvalue weighted by Gasteiger charge is 2.62. The smallest absolute Gasteiger partial charge is 0.311 e. The van der Waals surface area contributed by atoms with Crippen molar-refractivity contribution < 1.29 is 18.3 Å². The molecule has 2 aliphatic rings. The van der Waals surface area contributed by atoms with E-state index in [-0.39, 0.29) is 16.0 Å². The van der Waals surface area contributed by atoms with Crippen molar-refractivity contribution in [3.63, 3.8) is 0 Å². The van der Waals surface area contributed by atoms with Crippen molar-refractivity contribution in [2.45, 2.75) is 49.6 Å². The summed E-state index contributed by atoms with van der Waals surface area (Å²) in [6, 6.07) is 5.58. The van der Waals surface area contributed by atoms with E-state index in [1.54, 1.807) is 12.1 Å². The first-order valence-corrected chi connectivity index (χ1v) is 9.18. The van der Waals surface area contributed by atoms with Gasteiger partial charge in [0.1, 0.15) is 4.90 Å². The van der Waals surface area contributed by atoms with Crippen molar-refractivity contribution in [1.29, 1.82) is 0 Å². The molecule has 0 saturated carbocycles. The molecule has 3 atom stereocenters. The van der Waals surface area contributed by atoms with Crippen LogP contribution in [0.15, 0.2) is 29.2 Å². The number of nitrogens with zero attached hydrogens (tertiary/aromatic N) is 1. The van der Waals surface area contributed by atoms with Gasteiger partial charge in [0, 0.05) is 12.1 Å². The summed E-state index contributed by atoms with van der Waals surface area (Å²) < 4.78 is 27.4. The molecule has 5 nitrogen and oxygen atoms in total. The minimum Gasteiger partial charge on any atom is -0.481 e. The van der Waals surface area contributed by atoms with Crippen molar-refractivity contribution in [2.24, 2.45) is 5.41 Å². The fourth-order valence-electron chi connectivity index (χ4n) is 4.02. The van der Waals surface area contributed by atoms with Crippen molar-refractivity contribution in [3.8, 4) is 0 Å². The molecule has 0 radical (unpaired) electrons. The number of carbonyl (C=O) groups is 1. The van der Waals surface area contributed by atoms with E-state index in [1.807, 2.05) is 6.92 Å². The van der Waals surface area contributed by atoms with Crippen LogP contribution in [0.3, 0.4) is 0 Å². The van der Waals surface area contributed by atoms with Crippen LogP contribution in [-0.2, 0) is 14.8 Å². The zero-order valence-corrected chi connectivity index (χ0v) is 13.8. The monoisotopic (exact) mass is 343 g/mol. The second-order valence-corrected chi connectivity index (χ2v) is 8.25. The van der Waals surface area contributed by atoms with Crippen LogP contribution in [0.5, 0.6) is 0 Å². The van der Waals surface area contributed by atoms with Crippen LogP contribution in [0.1, 0.15) is 32.6 Å². The summed E-state index contributed by atoms with van der Waals surface area (Å²) in [6.07, 6.45) is 2.11. The summed E-state index contributed by atoms with van der Waals surface area (Å²) in [6.45, 7) is 1.81. The number of rotatable bonds is 4. The average Bonchev–Trinajstić information content (AvgIpc) is 3.04. The van der Waals surface area contributed by atoms with Gasteiger partial charge < -0.3 is 5.11 Å². The summed E-state index contributed by atoms with van der Waals surface area (Å²) in [5.41, 5.74) is -0.975. The van der Waals surface area contributed by atoms with Gasteiger partial charge in [-0.05, 0) is 37.8 Å². The summed E-state index contributed by atoms with van der Waals surface area (Å²) >= 11 is 6.05. The number of halogens is 1. The molecule has 7 heteroatoms. The lowest BCUT2D eigenvalue weighted by molar-refractivity contribution is -0.150. The van der Waals surface area contributed by atoms with Crippen LogP contribution in [0, 0.1) is 5.41 Å². The van der Waals surface area contributed by atoms with E-state index in [2.05, 4.69) is 0 Å². The Morgan fingerprint density at radius 2 is 2.09 bits per heavy atom. The molecule has 2 saturated heterocycles. The number of carboxylic acids is 1. The Hall–Kier alpha value is -1.11. The Morgan fingerprint density at radius 1 is 1.41 bits per heavy atom. The quantitative estimate of drug-likeness (QED) is 0.912. The molecular formula is C15H18ClNO4S. The van der Waals surface area contributed by atoms with Gasteiger partial charge in [-0.2, -0.15) is 4.31 Å². The van der Waals surface area contributed by atoms with E-state index in [9.17, 15) is 18.3 Å². The van der Waals surface area contributed by atoms with Crippen LogP contribution in [0.4, 0.5) is 0 Å². The summed E-state index contributed by atoms with van der Waals surface area (Å²) in [7, 11) is -3.78. The third-order valence-corrected chi connectivity index (χ3v) is 7.59. The van der Waals surface area contributed by atoms with Gasteiger partial charge in [0.15, 0.2) is 0 Å². The molecular weight excluding hydrogens is 326 g/mol. The Morgan fingerprint density at radius 3 is 2.64 bits per heavy atom. The van der Waals surface area contributed by atoms with E-state index < -0.39 is 27.4 Å². The zero-order chi connectivity index (χ0) is 16.1. The first-order chi connectivity index (χ1) is 10.3. The molecule has 0 aliphatic carbocycles. The number of aliphatic carboxylic acids is 1. The lowest BCUT2D eigenvalue weighted by Crippen LogP contribution is -2.44. The van der Waals surface area contributed by atoms with Crippen LogP contribution >= 0.6 is 11.6 Å². The molecule has 2 bridgehead atoms. The Balaban J connectivity index is 2.07. The number of fused-ring (bicyclic) bond motifs is 2. The minimum absolute atomic E-state index is 0.0610. The summed E-state index contributed by atoms with van der Waals surface area (Å²) in [4.78, 5) is 11.8. The number of sulfonamides is 1. The first kappa shape index (κ1) is 15.8. The third-order valence-electron chi connectivity index (χ3n) is 5.13. The van der Waals surface area contributed by atoms with Gasteiger partial charge in [-0.25, -0.2) is 8.42 Å². The molecule has 22 heavy (non-hydrogen) atoms. The first-order valence-electron chi connectivity index (χ1n) is 7.36. The van der Waals surface area contributed by atoms with Gasteiger partial charge in [0.2, 0.25) is 10.0 Å². The zero-order valence-electron chi connectivity index (χ0n) is 12.2. The maximum Gasteiger partial charge on any atom is 0.311 e. The number of benzene rings is 1. The van der Waals surface area contributed by atoms with Crippen molar-refractivity contribution in [1.82, 2.24) is 4.31 Å². The molecule has 0 unspecified atom stereocenters. The van der Waals surface area contributed by atoms with Gasteiger partial charge in [-0.1, -0.05) is 30.7 Å². The predicted molar refractivity (Wildman–Crippen MR) is 82.3 cm³/mol. The van der Waals surface area contributed by atoms with Crippen molar-refractivity contribution >= 4 is 27.6 Å². The number of hydrogen-bond donors (Lipinski definition) is 1. The van der Waals surface area contributed by atoms with Crippen LogP contribution in [0.25, 0.3) is 0 Å². The van der Waals surface area contributed by atoms with E-state index in [4.69, 9.17) is 11.6 Å². The molecule has 0 aromatic heterocycles. The molecule has 0 spiro atoms. The molecule has 0 amide bonds. The van der Waals surface area contributed by atoms with Gasteiger partial charge >= 0.3 is 5.97 Å². The van der Waals surface area contributed by atoms with E-state index in [0.29, 0.717) is 25.7 Å². The number of carboxylic acid groups (broad SMARTS) is 1. The maximum absolute atomic E-state index is 13.0. The molecule has 120 valence electrons. The molecule has 3 rings (SSSR count). The molecule has 1 N–H and O–H groups in total. The summed E-state index contributed by atoms with van der Waals surface area (Å²) in [5, 5.41) is 9.82. The molecule has 1 aromatic carbocycles. The van der Waals surface area contributed by atoms with Crippen LogP contribution in [0.2, 0.25) is 5.02 Å². The van der Waals surface area contributed by atoms with Crippen molar-refractivity contribution in [3.05, 3.63) is 29.3 Å². The second-order valence-electron chi connectivity index (χ2n) is 6.03. The van der Waals surface area contributed by atoms with Crippen molar-refractivity contribution in [2.75, 3.05) is 0 Å². The standard InChI is InChI=1S/C15H18ClNO4S/c1-2-15(14(18)19)9-10-7-8-13(15)17(10)22(20,21)12-6-4-3-5-11(12)16/h3-6,10,13H,2,7-9H2,1H3,(H,18,19)/t10-,13+,15+/m0/s1. The topological polar surface area (TPSA) is 74.7 Å². The highest BCUT2D eigenvalue weighted by Crippen LogP contribution is 2.54. The maximum atomic E-state index is 13.0. The van der Waals surface area contributed by atoms with Crippen LogP contribution < -0.4 is 0 Å². The largest absolute Gasteiger partial charge is 0.481 e. The lowest BCUT2D eigenvalue weighted by Gasteiger charge is -2.32. The van der Waals surface area contributed by atoms with E-state index in [0.717, 1.165) is 0 Å². The predicted octanol–water partition coefficient (Wildman–Crippen LogP) is 2.75. The van der Waals surface area contributed by atoms with E-state index >= 15 is 0 Å². The molecule has 2 fully saturated rings. The second kappa shape index (κ2) is 5.22. The molecule has 1 aromatic rings. The van der Waals surface area contributed by atoms with E-state index in [1.165, 1.54) is 16.4 Å². The lowest BCUT2D eigenvalue weighted by atomic mass is 9.72. The summed E-state index contributed by atoms with van der Waals surface area (Å²) in [5.74, 6) is -0.901. The van der Waals surface area contributed by atoms with Gasteiger partial charge in [-0.3, -0.25) is 4.79 Å². The Bertz CT molecular complexity index is 720. The fraction of sp³-hybridized carbons (Fsp3) is 0.533. The van der Waals surface area contributed by atoms with Crippen LogP contribution in [-0.4, -0.2) is 35.9 Å². The van der Waals surface area contributed by atoms with Gasteiger partial charge in [0.25, 0.3) is 0 Å². The van der Waals surface area contributed by atoms with Gasteiger partial charge in [0.05, 0.1) is 10.4 Å². The SMILES string of the molecule is CC[C@@]1(C(=O)O)C[C@@H]2CC[C@H]1N2S(=O)(=O)c1ccccc1Cl. The normalized spacial score (nSPS) is 31.5. The van der Waals surface area contributed by atoms with Gasteiger partial charge in [-0.15, -0.1) is 0 Å². The molecule has 2 heterocycles. The third kappa shape index (κ3) is 2.01. The molecule has 2 aliphatic heterocycles. The Kier molecular flexibility index (Phi) is 3.74.